The molecule has 2 aliphatic heterocycles. The van der Waals surface area contributed by atoms with Crippen LogP contribution in [-0.2, 0) is 9.59 Å². The van der Waals surface area contributed by atoms with Crippen LogP contribution in [0, 0.1) is 0 Å². The molecule has 8 heteroatoms. The molecule has 4 rings (SSSR count). The van der Waals surface area contributed by atoms with Crippen LogP contribution in [0.3, 0.4) is 0 Å². The molecular formula is C21H25N4O4+. The number of hydrogen-bond acceptors (Lipinski definition) is 5. The number of hydrazine groups is 1. The first-order valence-corrected chi connectivity index (χ1v) is 9.80. The molecule has 0 saturated carbocycles. The predicted molar refractivity (Wildman–Crippen MR) is 107 cm³/mol. The molecule has 0 spiro atoms. The maximum atomic E-state index is 12.3. The summed E-state index contributed by atoms with van der Waals surface area (Å²) in [6.07, 6.45) is -0.799. The fourth-order valence-electron chi connectivity index (χ4n) is 3.53. The lowest BCUT2D eigenvalue weighted by molar-refractivity contribution is -0.892. The number of hydrogen-bond donors (Lipinski definition) is 3. The lowest BCUT2D eigenvalue weighted by atomic mass is 10.2. The van der Waals surface area contributed by atoms with Gasteiger partial charge < -0.3 is 19.3 Å². The second-order valence-electron chi connectivity index (χ2n) is 7.15. The number of fused-ring (bicyclic) bond motifs is 1. The van der Waals surface area contributed by atoms with E-state index in [0.717, 1.165) is 26.2 Å². The number of nitrogens with zero attached hydrogens (tertiary/aromatic N) is 1. The van der Waals surface area contributed by atoms with E-state index in [2.05, 4.69) is 27.9 Å². The van der Waals surface area contributed by atoms with E-state index in [1.54, 1.807) is 12.1 Å². The van der Waals surface area contributed by atoms with Gasteiger partial charge in [-0.3, -0.25) is 20.4 Å². The highest BCUT2D eigenvalue weighted by molar-refractivity contribution is 5.85. The van der Waals surface area contributed by atoms with Crippen LogP contribution in [0.15, 0.2) is 54.6 Å². The highest BCUT2D eigenvalue weighted by atomic mass is 16.6. The van der Waals surface area contributed by atoms with Crippen molar-refractivity contribution in [1.82, 2.24) is 10.9 Å². The van der Waals surface area contributed by atoms with Gasteiger partial charge in [-0.15, -0.1) is 0 Å². The molecule has 8 nitrogen and oxygen atoms in total. The van der Waals surface area contributed by atoms with Crippen molar-refractivity contribution >= 4 is 17.5 Å². The van der Waals surface area contributed by atoms with Crippen molar-refractivity contribution < 1.29 is 24.0 Å². The van der Waals surface area contributed by atoms with Gasteiger partial charge in [0.25, 0.3) is 11.8 Å². The Balaban J connectivity index is 1.18. The molecule has 2 aliphatic rings. The van der Waals surface area contributed by atoms with Gasteiger partial charge in [0.2, 0.25) is 6.10 Å². The van der Waals surface area contributed by atoms with Crippen molar-refractivity contribution in [2.75, 3.05) is 44.2 Å². The maximum Gasteiger partial charge on any atom is 0.293 e. The number of nitrogens with one attached hydrogen (secondary N) is 3. The quantitative estimate of drug-likeness (QED) is 0.599. The summed E-state index contributed by atoms with van der Waals surface area (Å²) in [5.41, 5.74) is 6.13. The number of amides is 2. The minimum atomic E-state index is -0.799. The lowest BCUT2D eigenvalue weighted by Gasteiger charge is -2.33. The highest BCUT2D eigenvalue weighted by Crippen LogP contribution is 2.30. The van der Waals surface area contributed by atoms with Crippen molar-refractivity contribution in [1.29, 1.82) is 0 Å². The smallest absolute Gasteiger partial charge is 0.293 e. The average Bonchev–Trinajstić information content (AvgIpc) is 2.78. The first kappa shape index (κ1) is 19.1. The zero-order chi connectivity index (χ0) is 20.1. The summed E-state index contributed by atoms with van der Waals surface area (Å²) in [5.74, 6) is 0.472. The molecule has 152 valence electrons. The highest BCUT2D eigenvalue weighted by Gasteiger charge is 2.28. The number of rotatable bonds is 4. The van der Waals surface area contributed by atoms with Gasteiger partial charge in [-0.25, -0.2) is 0 Å². The molecule has 1 saturated heterocycles. The van der Waals surface area contributed by atoms with E-state index in [1.165, 1.54) is 10.6 Å². The topological polar surface area (TPSA) is 84.3 Å². The number of quaternary nitrogens is 1. The van der Waals surface area contributed by atoms with Crippen LogP contribution in [0.25, 0.3) is 0 Å². The summed E-state index contributed by atoms with van der Waals surface area (Å²) >= 11 is 0. The number of para-hydroxylation sites is 3. The van der Waals surface area contributed by atoms with Gasteiger partial charge in [-0.05, 0) is 24.3 Å². The van der Waals surface area contributed by atoms with E-state index in [-0.39, 0.29) is 12.5 Å². The summed E-state index contributed by atoms with van der Waals surface area (Å²) in [4.78, 5) is 28.0. The lowest BCUT2D eigenvalue weighted by Crippen LogP contribution is -3.16. The first-order valence-electron chi connectivity index (χ1n) is 9.80. The van der Waals surface area contributed by atoms with Gasteiger partial charge in [0.15, 0.2) is 18.0 Å². The van der Waals surface area contributed by atoms with Crippen LogP contribution in [0.2, 0.25) is 0 Å². The standard InChI is InChI=1S/C21H24N4O4/c26-20(14-24-10-12-25(13-11-24)16-6-2-1-3-7-16)22-23-21(27)19-15-28-17-8-4-5-9-18(17)29-19/h1-9,19H,10-15H2,(H,22,26)(H,23,27)/p+1/t19-/m0/s1. The summed E-state index contributed by atoms with van der Waals surface area (Å²) in [6, 6.07) is 17.4. The number of benzene rings is 2. The summed E-state index contributed by atoms with van der Waals surface area (Å²) < 4.78 is 11.2. The number of carbonyl (C=O) groups excluding carboxylic acids is 2. The van der Waals surface area contributed by atoms with Crippen molar-refractivity contribution in [2.24, 2.45) is 0 Å². The van der Waals surface area contributed by atoms with Crippen molar-refractivity contribution in [3.8, 4) is 11.5 Å². The normalized spacial score (nSPS) is 18.8. The van der Waals surface area contributed by atoms with E-state index in [0.29, 0.717) is 18.0 Å². The summed E-state index contributed by atoms with van der Waals surface area (Å²) in [7, 11) is 0. The second kappa shape index (κ2) is 8.83. The minimum Gasteiger partial charge on any atom is -0.485 e. The Labute approximate surface area is 169 Å². The molecule has 0 bridgehead atoms. The monoisotopic (exact) mass is 397 g/mol. The molecule has 2 aromatic carbocycles. The molecular weight excluding hydrogens is 372 g/mol. The zero-order valence-electron chi connectivity index (χ0n) is 16.1. The van der Waals surface area contributed by atoms with E-state index in [9.17, 15) is 9.59 Å². The molecule has 0 aliphatic carbocycles. The van der Waals surface area contributed by atoms with E-state index >= 15 is 0 Å². The van der Waals surface area contributed by atoms with Gasteiger partial charge in [0.1, 0.15) is 6.61 Å². The third-order valence-corrected chi connectivity index (χ3v) is 5.13. The minimum absolute atomic E-state index is 0.103. The molecule has 29 heavy (non-hydrogen) atoms. The largest absolute Gasteiger partial charge is 0.485 e. The van der Waals surface area contributed by atoms with Crippen LogP contribution >= 0.6 is 0 Å². The van der Waals surface area contributed by atoms with Crippen molar-refractivity contribution in [3.63, 3.8) is 0 Å². The van der Waals surface area contributed by atoms with E-state index in [1.807, 2.05) is 30.3 Å². The number of carbonyl (C=O) groups is 2. The van der Waals surface area contributed by atoms with Gasteiger partial charge in [0, 0.05) is 5.69 Å². The average molecular weight is 397 g/mol. The van der Waals surface area contributed by atoms with Gasteiger partial charge in [-0.1, -0.05) is 30.3 Å². The van der Waals surface area contributed by atoms with Gasteiger partial charge >= 0.3 is 0 Å². The molecule has 0 radical (unpaired) electrons. The van der Waals surface area contributed by atoms with Gasteiger partial charge in [-0.2, -0.15) is 0 Å². The number of piperazine rings is 1. The van der Waals surface area contributed by atoms with Crippen LogP contribution in [0.1, 0.15) is 0 Å². The Morgan fingerprint density at radius 1 is 0.966 bits per heavy atom. The zero-order valence-corrected chi connectivity index (χ0v) is 16.1. The SMILES string of the molecule is O=C(C[NH+]1CCN(c2ccccc2)CC1)NNC(=O)[C@@H]1COc2ccccc2O1. The molecule has 2 heterocycles. The number of anilines is 1. The van der Waals surface area contributed by atoms with Crippen molar-refractivity contribution in [3.05, 3.63) is 54.6 Å². The molecule has 1 fully saturated rings. The fraction of sp³-hybridized carbons (Fsp3) is 0.333. The molecule has 2 aromatic rings. The van der Waals surface area contributed by atoms with Crippen LogP contribution in [-0.4, -0.2) is 57.2 Å². The summed E-state index contributed by atoms with van der Waals surface area (Å²) in [6.45, 7) is 3.94. The van der Waals surface area contributed by atoms with Crippen LogP contribution in [0.5, 0.6) is 11.5 Å². The van der Waals surface area contributed by atoms with E-state index in [4.69, 9.17) is 9.47 Å². The molecule has 0 unspecified atom stereocenters. The maximum absolute atomic E-state index is 12.3. The molecule has 0 aromatic heterocycles. The Hall–Kier alpha value is -3.26. The third-order valence-electron chi connectivity index (χ3n) is 5.13. The first-order chi connectivity index (χ1) is 14.2. The Bertz CT molecular complexity index is 853. The van der Waals surface area contributed by atoms with Crippen LogP contribution < -0.4 is 30.1 Å². The molecule has 3 N–H and O–H groups in total. The Kier molecular flexibility index (Phi) is 5.81. The third kappa shape index (κ3) is 4.78. The Morgan fingerprint density at radius 3 is 2.41 bits per heavy atom. The van der Waals surface area contributed by atoms with Gasteiger partial charge in [0.05, 0.1) is 26.2 Å². The predicted octanol–water partition coefficient (Wildman–Crippen LogP) is -0.621. The van der Waals surface area contributed by atoms with E-state index < -0.39 is 12.0 Å². The fourth-order valence-corrected chi connectivity index (χ4v) is 3.53. The molecule has 2 amide bonds. The second-order valence-corrected chi connectivity index (χ2v) is 7.15. The van der Waals surface area contributed by atoms with Crippen LogP contribution in [0.4, 0.5) is 5.69 Å². The molecule has 1 atom stereocenters. The van der Waals surface area contributed by atoms with Crippen molar-refractivity contribution in [2.45, 2.75) is 6.10 Å². The Morgan fingerprint density at radius 2 is 1.66 bits per heavy atom. The summed E-state index contributed by atoms with van der Waals surface area (Å²) in [5, 5.41) is 0. The number of ether oxygens (including phenoxy) is 2.